The first-order valence-electron chi connectivity index (χ1n) is 13.3. The van der Waals surface area contributed by atoms with Crippen molar-refractivity contribution in [2.75, 3.05) is 58.0 Å². The number of pyridine rings is 1. The molecule has 2 saturated heterocycles. The topological polar surface area (TPSA) is 114 Å². The average Bonchev–Trinajstić information content (AvgIpc) is 3.30. The predicted molar refractivity (Wildman–Crippen MR) is 143 cm³/mol. The maximum absolute atomic E-state index is 13.1. The number of fused-ring (bicyclic) bond motifs is 2. The van der Waals surface area contributed by atoms with Crippen LogP contribution in [0.2, 0.25) is 0 Å². The van der Waals surface area contributed by atoms with Gasteiger partial charge in [0.2, 0.25) is 0 Å². The Kier molecular flexibility index (Phi) is 6.92. The first-order valence-corrected chi connectivity index (χ1v) is 13.3. The Balaban J connectivity index is 1.18. The van der Waals surface area contributed by atoms with Gasteiger partial charge in [0, 0.05) is 56.2 Å². The molecule has 206 valence electrons. The number of benzene rings is 2. The number of nitrogens with zero attached hydrogens (tertiary/aromatic N) is 3. The fourth-order valence-corrected chi connectivity index (χ4v) is 6.04. The molecule has 10 nitrogen and oxygen atoms in total. The van der Waals surface area contributed by atoms with Crippen molar-refractivity contribution >= 4 is 22.7 Å². The van der Waals surface area contributed by atoms with Gasteiger partial charge in [-0.2, -0.15) is 0 Å². The molecule has 1 aromatic heterocycles. The lowest BCUT2D eigenvalue weighted by molar-refractivity contribution is -0.0622. The van der Waals surface area contributed by atoms with Crippen LogP contribution in [0.15, 0.2) is 48.7 Å². The third-order valence-corrected chi connectivity index (χ3v) is 8.10. The number of amides is 1. The van der Waals surface area contributed by atoms with E-state index in [4.69, 9.17) is 18.9 Å². The molecule has 0 unspecified atom stereocenters. The Hall–Kier alpha value is -3.60. The molecule has 3 atom stereocenters. The summed E-state index contributed by atoms with van der Waals surface area (Å²) in [5.74, 6) is 1.89. The number of carbonyl (C=O) groups excluding carboxylic acids is 1. The molecule has 3 aliphatic rings. The fourth-order valence-electron chi connectivity index (χ4n) is 6.04. The minimum Gasteiger partial charge on any atom is -0.497 e. The van der Waals surface area contributed by atoms with E-state index in [0.29, 0.717) is 75.2 Å². The minimum absolute atomic E-state index is 0.0147. The van der Waals surface area contributed by atoms with E-state index >= 15 is 0 Å². The third kappa shape index (κ3) is 4.84. The van der Waals surface area contributed by atoms with Crippen LogP contribution in [-0.4, -0.2) is 84.9 Å². The summed E-state index contributed by atoms with van der Waals surface area (Å²) in [5, 5.41) is 22.0. The zero-order chi connectivity index (χ0) is 27.0. The molecule has 2 N–H and O–H groups in total. The highest BCUT2D eigenvalue weighted by Gasteiger charge is 2.53. The van der Waals surface area contributed by atoms with Crippen molar-refractivity contribution in [2.45, 2.75) is 24.5 Å². The zero-order valence-electron chi connectivity index (χ0n) is 21.9. The second kappa shape index (κ2) is 10.5. The highest BCUT2D eigenvalue weighted by molar-refractivity contribution is 5.91. The molecule has 1 amide bonds. The Labute approximate surface area is 226 Å². The van der Waals surface area contributed by atoms with Crippen molar-refractivity contribution in [3.8, 4) is 17.2 Å². The molecule has 6 rings (SSSR count). The average molecular weight is 536 g/mol. The molecule has 0 bridgehead atoms. The Morgan fingerprint density at radius 2 is 2.00 bits per heavy atom. The summed E-state index contributed by atoms with van der Waals surface area (Å²) in [6.45, 7) is 2.99. The number of carbonyl (C=O) groups is 1. The van der Waals surface area contributed by atoms with Gasteiger partial charge in [-0.25, -0.2) is 4.79 Å². The van der Waals surface area contributed by atoms with Gasteiger partial charge in [-0.3, -0.25) is 14.8 Å². The Bertz CT molecular complexity index is 1370. The first kappa shape index (κ1) is 25.7. The zero-order valence-corrected chi connectivity index (χ0v) is 21.9. The van der Waals surface area contributed by atoms with Gasteiger partial charge in [0.25, 0.3) is 0 Å². The number of aromatic nitrogens is 1. The second-order valence-electron chi connectivity index (χ2n) is 10.4. The van der Waals surface area contributed by atoms with Gasteiger partial charge >= 0.3 is 6.09 Å². The van der Waals surface area contributed by atoms with E-state index in [2.05, 4.69) is 9.88 Å². The smallest absolute Gasteiger partial charge is 0.415 e. The molecule has 0 radical (unpaired) electrons. The van der Waals surface area contributed by atoms with Gasteiger partial charge in [0.05, 0.1) is 31.0 Å². The normalized spacial score (nSPS) is 23.7. The van der Waals surface area contributed by atoms with Crippen LogP contribution in [0.1, 0.15) is 24.5 Å². The second-order valence-corrected chi connectivity index (χ2v) is 10.4. The maximum atomic E-state index is 13.1. The predicted octanol–water partition coefficient (Wildman–Crippen LogP) is 3.15. The summed E-state index contributed by atoms with van der Waals surface area (Å²) in [7, 11) is 1.61. The van der Waals surface area contributed by atoms with E-state index in [-0.39, 0.29) is 12.5 Å². The number of ether oxygens (including phenoxy) is 4. The van der Waals surface area contributed by atoms with Crippen LogP contribution in [0.25, 0.3) is 10.9 Å². The highest BCUT2D eigenvalue weighted by Crippen LogP contribution is 2.43. The maximum Gasteiger partial charge on any atom is 0.415 e. The van der Waals surface area contributed by atoms with Gasteiger partial charge < -0.3 is 29.2 Å². The summed E-state index contributed by atoms with van der Waals surface area (Å²) in [4.78, 5) is 21.3. The van der Waals surface area contributed by atoms with Crippen molar-refractivity contribution in [2.24, 2.45) is 5.92 Å². The number of aliphatic hydroxyl groups is 2. The molecule has 39 heavy (non-hydrogen) atoms. The lowest BCUT2D eigenvalue weighted by Gasteiger charge is -2.44. The molecule has 0 aliphatic carbocycles. The van der Waals surface area contributed by atoms with Gasteiger partial charge in [0.1, 0.15) is 24.6 Å². The van der Waals surface area contributed by atoms with Crippen LogP contribution in [0.3, 0.4) is 0 Å². The number of hydrogen-bond acceptors (Lipinski definition) is 9. The number of hydrogen-bond donors (Lipinski definition) is 2. The number of anilines is 1. The van der Waals surface area contributed by atoms with Crippen LogP contribution in [0.5, 0.6) is 17.2 Å². The Morgan fingerprint density at radius 3 is 2.82 bits per heavy atom. The largest absolute Gasteiger partial charge is 0.497 e. The van der Waals surface area contributed by atoms with E-state index in [1.54, 1.807) is 18.2 Å². The van der Waals surface area contributed by atoms with Crippen LogP contribution in [-0.2, 0) is 4.74 Å². The van der Waals surface area contributed by atoms with Crippen molar-refractivity contribution in [1.82, 2.24) is 9.88 Å². The highest BCUT2D eigenvalue weighted by atomic mass is 16.6. The molecule has 2 aromatic carbocycles. The lowest BCUT2D eigenvalue weighted by Crippen LogP contribution is -2.55. The molecule has 3 aliphatic heterocycles. The standard InChI is InChI=1S/C29H33N3O7/c1-36-21-3-4-24-23(15-21)22(6-9-30-24)25(34)17-31-10-8-29(19(16-31)7-11-33)18-32(28(35)39-29)20-2-5-26-27(14-20)38-13-12-37-26/h2-6,9,14-15,19,25,33-34H,7-8,10-13,16-18H2,1H3/t19-,25-,29-/m0/s1. The first-order chi connectivity index (χ1) is 19.0. The number of aliphatic hydroxyl groups excluding tert-OH is 2. The van der Waals surface area contributed by atoms with E-state index in [1.165, 1.54) is 0 Å². The van der Waals surface area contributed by atoms with E-state index in [0.717, 1.165) is 16.5 Å². The minimum atomic E-state index is -0.744. The van der Waals surface area contributed by atoms with Gasteiger partial charge in [-0.1, -0.05) is 0 Å². The summed E-state index contributed by atoms with van der Waals surface area (Å²) in [6, 6.07) is 12.9. The van der Waals surface area contributed by atoms with Gasteiger partial charge in [0.15, 0.2) is 11.5 Å². The quantitative estimate of drug-likeness (QED) is 0.471. The molecule has 3 aromatic rings. The molecule has 4 heterocycles. The van der Waals surface area contributed by atoms with Crippen LogP contribution in [0, 0.1) is 5.92 Å². The SMILES string of the molecule is COc1ccc2nccc([C@@H](O)CN3CC[C@]4(CN(c5ccc6c(c5)OCCO6)C(=O)O4)[C@@H](CCO)C3)c2c1. The fraction of sp³-hybridized carbons (Fsp3) is 0.448. The van der Waals surface area contributed by atoms with Crippen LogP contribution < -0.4 is 19.1 Å². The summed E-state index contributed by atoms with van der Waals surface area (Å²) >= 11 is 0. The van der Waals surface area contributed by atoms with E-state index in [9.17, 15) is 15.0 Å². The number of methoxy groups -OCH3 is 1. The van der Waals surface area contributed by atoms with Crippen LogP contribution in [0.4, 0.5) is 10.5 Å². The van der Waals surface area contributed by atoms with E-state index in [1.807, 2.05) is 42.5 Å². The molecule has 10 heteroatoms. The van der Waals surface area contributed by atoms with Crippen molar-refractivity contribution < 1.29 is 34.0 Å². The molecular formula is C29H33N3O7. The Morgan fingerprint density at radius 1 is 1.15 bits per heavy atom. The molecule has 2 fully saturated rings. The van der Waals surface area contributed by atoms with Gasteiger partial charge in [-0.15, -0.1) is 0 Å². The molecule has 1 spiro atoms. The lowest BCUT2D eigenvalue weighted by atomic mass is 9.78. The van der Waals surface area contributed by atoms with Crippen molar-refractivity contribution in [1.29, 1.82) is 0 Å². The number of likely N-dealkylation sites (tertiary alicyclic amines) is 1. The van der Waals surface area contributed by atoms with Crippen molar-refractivity contribution in [3.63, 3.8) is 0 Å². The third-order valence-electron chi connectivity index (χ3n) is 8.10. The number of rotatable bonds is 7. The van der Waals surface area contributed by atoms with E-state index < -0.39 is 17.8 Å². The van der Waals surface area contributed by atoms with Crippen LogP contribution >= 0.6 is 0 Å². The number of β-amino-alcohol motifs (C(OH)–C–C–N with tert-alkyl or cyclic N) is 1. The number of piperidine rings is 1. The molecular weight excluding hydrogens is 502 g/mol. The van der Waals surface area contributed by atoms with Crippen molar-refractivity contribution in [3.05, 3.63) is 54.2 Å². The molecule has 0 saturated carbocycles. The summed E-state index contributed by atoms with van der Waals surface area (Å²) < 4.78 is 22.8. The van der Waals surface area contributed by atoms with Gasteiger partial charge in [-0.05, 0) is 48.4 Å². The summed E-state index contributed by atoms with van der Waals surface area (Å²) in [6.07, 6.45) is 1.65. The summed E-state index contributed by atoms with van der Waals surface area (Å²) in [5.41, 5.74) is 1.56. The monoisotopic (exact) mass is 535 g/mol.